The summed E-state index contributed by atoms with van der Waals surface area (Å²) in [5.41, 5.74) is 5.89. The molecule has 0 spiro atoms. The summed E-state index contributed by atoms with van der Waals surface area (Å²) in [5, 5.41) is 3.54. The molecule has 0 radical (unpaired) electrons. The molecular formula is C12H12N2O2. The van der Waals surface area contributed by atoms with Crippen LogP contribution in [0.25, 0.3) is 5.57 Å². The van der Waals surface area contributed by atoms with Crippen LogP contribution >= 0.6 is 0 Å². The molecule has 1 amide bonds. The lowest BCUT2D eigenvalue weighted by Gasteiger charge is -1.92. The van der Waals surface area contributed by atoms with Gasteiger partial charge in [-0.3, -0.25) is 4.79 Å². The van der Waals surface area contributed by atoms with Gasteiger partial charge in [0.05, 0.1) is 0 Å². The minimum absolute atomic E-state index is 0.0944. The molecule has 0 bridgehead atoms. The van der Waals surface area contributed by atoms with E-state index in [4.69, 9.17) is 10.3 Å². The molecule has 0 aromatic carbocycles. The van der Waals surface area contributed by atoms with E-state index in [0.29, 0.717) is 5.76 Å². The Labute approximate surface area is 93.4 Å². The van der Waals surface area contributed by atoms with Crippen LogP contribution in [0, 0.1) is 0 Å². The number of nitrogens with two attached hydrogens (primary N) is 1. The van der Waals surface area contributed by atoms with Gasteiger partial charge < -0.3 is 10.3 Å². The number of nitrogens with zero attached hydrogens (tertiary/aromatic N) is 1. The van der Waals surface area contributed by atoms with Crippen LogP contribution in [-0.2, 0) is 0 Å². The molecule has 0 unspecified atom stereocenters. The smallest absolute Gasteiger partial charge is 0.270 e. The Kier molecular flexibility index (Phi) is 4.03. The SMILES string of the molecule is C=C/C=C\C(=C/C=C)c1cc(C(N)=O)no1. The average Bonchev–Trinajstić information content (AvgIpc) is 2.73. The lowest BCUT2D eigenvalue weighted by Crippen LogP contribution is -2.10. The van der Waals surface area contributed by atoms with Gasteiger partial charge in [0.15, 0.2) is 11.5 Å². The number of hydrogen-bond donors (Lipinski definition) is 1. The van der Waals surface area contributed by atoms with Gasteiger partial charge in [-0.1, -0.05) is 48.7 Å². The number of amides is 1. The molecule has 16 heavy (non-hydrogen) atoms. The Morgan fingerprint density at radius 3 is 2.69 bits per heavy atom. The zero-order chi connectivity index (χ0) is 12.0. The molecule has 1 aromatic rings. The molecule has 0 aliphatic rings. The van der Waals surface area contributed by atoms with Crippen molar-refractivity contribution in [2.45, 2.75) is 0 Å². The van der Waals surface area contributed by atoms with Crippen LogP contribution in [0.3, 0.4) is 0 Å². The van der Waals surface area contributed by atoms with Gasteiger partial charge in [0.2, 0.25) is 0 Å². The van der Waals surface area contributed by atoms with Crippen LogP contribution in [-0.4, -0.2) is 11.1 Å². The summed E-state index contributed by atoms with van der Waals surface area (Å²) in [5.74, 6) is -0.174. The first-order valence-corrected chi connectivity index (χ1v) is 4.57. The zero-order valence-electron chi connectivity index (χ0n) is 8.72. The van der Waals surface area contributed by atoms with Crippen molar-refractivity contribution in [3.05, 3.63) is 61.1 Å². The summed E-state index contributed by atoms with van der Waals surface area (Å²) >= 11 is 0. The number of carbonyl (C=O) groups is 1. The van der Waals surface area contributed by atoms with Gasteiger partial charge in [0.25, 0.3) is 5.91 Å². The fraction of sp³-hybridized carbons (Fsp3) is 0. The molecule has 0 aliphatic carbocycles. The highest BCUT2D eigenvalue weighted by atomic mass is 16.5. The van der Waals surface area contributed by atoms with Crippen molar-refractivity contribution in [2.75, 3.05) is 0 Å². The Balaban J connectivity index is 3.06. The number of allylic oxidation sites excluding steroid dienone is 6. The molecule has 0 saturated carbocycles. The van der Waals surface area contributed by atoms with Gasteiger partial charge in [-0.2, -0.15) is 0 Å². The van der Waals surface area contributed by atoms with Crippen LogP contribution < -0.4 is 5.73 Å². The second-order valence-corrected chi connectivity index (χ2v) is 2.89. The van der Waals surface area contributed by atoms with Crippen LogP contribution in [0.2, 0.25) is 0 Å². The van der Waals surface area contributed by atoms with Crippen LogP contribution in [0.4, 0.5) is 0 Å². The fourth-order valence-electron chi connectivity index (χ4n) is 1.05. The highest BCUT2D eigenvalue weighted by Gasteiger charge is 2.10. The number of rotatable bonds is 5. The maximum Gasteiger partial charge on any atom is 0.270 e. The van der Waals surface area contributed by atoms with Crippen molar-refractivity contribution in [1.29, 1.82) is 0 Å². The highest BCUT2D eigenvalue weighted by molar-refractivity contribution is 5.91. The van der Waals surface area contributed by atoms with Crippen LogP contribution in [0.1, 0.15) is 16.2 Å². The Hall–Kier alpha value is -2.36. The van der Waals surface area contributed by atoms with E-state index in [9.17, 15) is 4.79 Å². The molecule has 1 aromatic heterocycles. The molecule has 2 N–H and O–H groups in total. The van der Waals surface area contributed by atoms with Gasteiger partial charge in [0, 0.05) is 11.6 Å². The Morgan fingerprint density at radius 1 is 1.44 bits per heavy atom. The van der Waals surface area contributed by atoms with E-state index in [1.807, 2.05) is 0 Å². The van der Waals surface area contributed by atoms with Crippen LogP contribution in [0.5, 0.6) is 0 Å². The van der Waals surface area contributed by atoms with E-state index in [0.717, 1.165) is 5.57 Å². The zero-order valence-corrected chi connectivity index (χ0v) is 8.72. The number of aromatic nitrogens is 1. The average molecular weight is 216 g/mol. The largest absolute Gasteiger partial charge is 0.364 e. The molecule has 0 atom stereocenters. The Morgan fingerprint density at radius 2 is 2.19 bits per heavy atom. The third-order valence-electron chi connectivity index (χ3n) is 1.76. The van der Waals surface area contributed by atoms with E-state index in [1.165, 1.54) is 6.07 Å². The molecule has 1 heterocycles. The van der Waals surface area contributed by atoms with Gasteiger partial charge in [0.1, 0.15) is 0 Å². The molecular weight excluding hydrogens is 204 g/mol. The molecule has 0 aliphatic heterocycles. The summed E-state index contributed by atoms with van der Waals surface area (Å²) in [6.07, 6.45) is 8.46. The van der Waals surface area contributed by atoms with Gasteiger partial charge in [-0.15, -0.1) is 0 Å². The molecule has 0 saturated heterocycles. The quantitative estimate of drug-likeness (QED) is 0.766. The second kappa shape index (κ2) is 5.50. The predicted octanol–water partition coefficient (Wildman–Crippen LogP) is 2.09. The van der Waals surface area contributed by atoms with Crippen molar-refractivity contribution < 1.29 is 9.32 Å². The van der Waals surface area contributed by atoms with E-state index < -0.39 is 5.91 Å². The van der Waals surface area contributed by atoms with Crippen molar-refractivity contribution in [2.24, 2.45) is 5.73 Å². The van der Waals surface area contributed by atoms with Crippen molar-refractivity contribution in [3.8, 4) is 0 Å². The van der Waals surface area contributed by atoms with E-state index in [-0.39, 0.29) is 5.69 Å². The summed E-state index contributed by atoms with van der Waals surface area (Å²) in [6.45, 7) is 7.15. The number of primary amides is 1. The van der Waals surface area contributed by atoms with Crippen LogP contribution in [0.15, 0.2) is 54.1 Å². The molecule has 0 fully saturated rings. The summed E-state index contributed by atoms with van der Waals surface area (Å²) in [6, 6.07) is 1.48. The van der Waals surface area contributed by atoms with Crippen molar-refractivity contribution in [3.63, 3.8) is 0 Å². The number of carbonyl (C=O) groups excluding carboxylic acids is 1. The standard InChI is InChI=1S/C12H12N2O2/c1-3-5-7-9(6-4-2)11-8-10(12(13)15)14-16-11/h3-8H,1-2H2,(H2,13,15)/b7-5-,9-6+. The first-order chi connectivity index (χ1) is 7.69. The Bertz CT molecular complexity index is 467. The van der Waals surface area contributed by atoms with Crippen molar-refractivity contribution in [1.82, 2.24) is 5.16 Å². The van der Waals surface area contributed by atoms with E-state index >= 15 is 0 Å². The molecule has 4 nitrogen and oxygen atoms in total. The minimum Gasteiger partial charge on any atom is -0.364 e. The first-order valence-electron chi connectivity index (χ1n) is 4.57. The minimum atomic E-state index is -0.624. The lowest BCUT2D eigenvalue weighted by molar-refractivity contribution is 0.0991. The highest BCUT2D eigenvalue weighted by Crippen LogP contribution is 2.17. The van der Waals surface area contributed by atoms with Gasteiger partial charge in [-0.05, 0) is 0 Å². The summed E-state index contributed by atoms with van der Waals surface area (Å²) in [4.78, 5) is 10.8. The fourth-order valence-corrected chi connectivity index (χ4v) is 1.05. The predicted molar refractivity (Wildman–Crippen MR) is 62.5 cm³/mol. The van der Waals surface area contributed by atoms with E-state index in [1.54, 1.807) is 30.4 Å². The lowest BCUT2D eigenvalue weighted by atomic mass is 10.1. The molecule has 4 heteroatoms. The molecule has 82 valence electrons. The summed E-state index contributed by atoms with van der Waals surface area (Å²) < 4.78 is 4.99. The maximum atomic E-state index is 10.8. The normalized spacial score (nSPS) is 11.6. The topological polar surface area (TPSA) is 69.1 Å². The monoisotopic (exact) mass is 216 g/mol. The van der Waals surface area contributed by atoms with Gasteiger partial charge in [-0.25, -0.2) is 0 Å². The van der Waals surface area contributed by atoms with Gasteiger partial charge >= 0.3 is 0 Å². The third kappa shape index (κ3) is 2.81. The number of hydrogen-bond acceptors (Lipinski definition) is 3. The third-order valence-corrected chi connectivity index (χ3v) is 1.76. The van der Waals surface area contributed by atoms with Crippen molar-refractivity contribution >= 4 is 11.5 Å². The maximum absolute atomic E-state index is 10.8. The first kappa shape index (κ1) is 11.7. The van der Waals surface area contributed by atoms with E-state index in [2.05, 4.69) is 18.3 Å². The second-order valence-electron chi connectivity index (χ2n) is 2.89. The summed E-state index contributed by atoms with van der Waals surface area (Å²) in [7, 11) is 0. The molecule has 1 rings (SSSR count).